The van der Waals surface area contributed by atoms with Gasteiger partial charge in [0.2, 0.25) is 0 Å². The molecule has 0 atom stereocenters. The summed E-state index contributed by atoms with van der Waals surface area (Å²) in [5.41, 5.74) is 0. The number of hydrogen-bond donors (Lipinski definition) is 0. The van der Waals surface area contributed by atoms with E-state index in [-0.39, 0.29) is 44.8 Å². The molecule has 0 amide bonds. The van der Waals surface area contributed by atoms with Crippen LogP contribution in [0.4, 0.5) is 8.78 Å². The molecule has 3 nitrogen and oxygen atoms in total. The van der Waals surface area contributed by atoms with Crippen molar-refractivity contribution in [3.05, 3.63) is 0 Å². The Morgan fingerprint density at radius 2 is 1.33 bits per heavy atom. The van der Waals surface area contributed by atoms with Crippen molar-refractivity contribution in [1.29, 1.82) is 0 Å². The van der Waals surface area contributed by atoms with Gasteiger partial charge in [0.1, 0.15) is 0 Å². The van der Waals surface area contributed by atoms with E-state index in [4.69, 9.17) is 14.4 Å². The zero-order valence-corrected chi connectivity index (χ0v) is 7.47. The van der Waals surface area contributed by atoms with Crippen molar-refractivity contribution in [3.63, 3.8) is 0 Å². The van der Waals surface area contributed by atoms with Gasteiger partial charge in [-0.3, -0.25) is 0 Å². The standard InChI is InChI=1S/CH3F2O3P.2Ag/c2-1(3)7(4,5)6;;/h1H,(H2,4,5,6);;/q;2*+1/p-2. The summed E-state index contributed by atoms with van der Waals surface area (Å²) in [4.78, 5) is 18.1. The molecule has 0 fully saturated rings. The summed E-state index contributed by atoms with van der Waals surface area (Å²) in [7, 11) is -5.57. The van der Waals surface area contributed by atoms with Gasteiger partial charge in [0, 0.05) is 7.60 Å². The molecule has 0 N–H and O–H groups in total. The molecule has 0 spiro atoms. The summed E-state index contributed by atoms with van der Waals surface area (Å²) in [6.07, 6.45) is -3.76. The number of hydrogen-bond acceptors (Lipinski definition) is 3. The summed E-state index contributed by atoms with van der Waals surface area (Å²) in [6.45, 7) is 0. The van der Waals surface area contributed by atoms with E-state index < -0.39 is 13.8 Å². The zero-order valence-electron chi connectivity index (χ0n) is 3.61. The van der Waals surface area contributed by atoms with Crippen LogP contribution in [0.2, 0.25) is 0 Å². The van der Waals surface area contributed by atoms with Crippen molar-refractivity contribution < 1.29 is 67.9 Å². The van der Waals surface area contributed by atoms with Gasteiger partial charge >= 0.3 is 44.8 Å². The maximum Gasteiger partial charge on any atom is 1.00 e. The van der Waals surface area contributed by atoms with Crippen LogP contribution in [0.15, 0.2) is 0 Å². The van der Waals surface area contributed by atoms with Crippen molar-refractivity contribution in [2.24, 2.45) is 0 Å². The van der Waals surface area contributed by atoms with Crippen molar-refractivity contribution >= 4 is 7.60 Å². The van der Waals surface area contributed by atoms with Crippen LogP contribution in [-0.4, -0.2) is 6.17 Å². The average Bonchev–Trinajstić information content (AvgIpc) is 1.31. The van der Waals surface area contributed by atoms with Crippen LogP contribution in [0.1, 0.15) is 0 Å². The minimum atomic E-state index is -5.57. The van der Waals surface area contributed by atoms with Gasteiger partial charge in [-0.15, -0.1) is 0 Å². The van der Waals surface area contributed by atoms with Gasteiger partial charge in [0.15, 0.2) is 0 Å². The Morgan fingerprint density at radius 3 is 1.33 bits per heavy atom. The molecule has 0 bridgehead atoms. The maximum absolute atomic E-state index is 10.7. The number of halogens is 2. The molecule has 0 aromatic carbocycles. The predicted octanol–water partition coefficient (Wildman–Crippen LogP) is -0.882. The molecule has 0 heterocycles. The van der Waals surface area contributed by atoms with Gasteiger partial charge in [-0.2, -0.15) is 0 Å². The first-order valence-electron chi connectivity index (χ1n) is 1.24. The summed E-state index contributed by atoms with van der Waals surface area (Å²) in [5.74, 6) is 0. The van der Waals surface area contributed by atoms with Gasteiger partial charge in [-0.25, -0.2) is 8.78 Å². The summed E-state index contributed by atoms with van der Waals surface area (Å²) in [6, 6.07) is 0. The van der Waals surface area contributed by atoms with E-state index in [1.54, 1.807) is 0 Å². The molecule has 0 aromatic heterocycles. The van der Waals surface area contributed by atoms with E-state index in [9.17, 15) is 8.78 Å². The zero-order chi connectivity index (χ0) is 6.08. The second kappa shape index (κ2) is 6.22. The molecule has 9 heavy (non-hydrogen) atoms. The minimum Gasteiger partial charge on any atom is -0.807 e. The largest absolute Gasteiger partial charge is 1.00 e. The molecule has 0 aliphatic heterocycles. The predicted molar refractivity (Wildman–Crippen MR) is 13.6 cm³/mol. The molecular weight excluding hydrogens is 345 g/mol. The monoisotopic (exact) mass is 344 g/mol. The van der Waals surface area contributed by atoms with E-state index in [0.717, 1.165) is 0 Å². The first-order valence-corrected chi connectivity index (χ1v) is 2.85. The number of rotatable bonds is 1. The van der Waals surface area contributed by atoms with Crippen molar-refractivity contribution in [2.45, 2.75) is 6.17 Å². The summed E-state index contributed by atoms with van der Waals surface area (Å²) >= 11 is 0. The van der Waals surface area contributed by atoms with Crippen LogP contribution in [0, 0.1) is 0 Å². The first-order chi connectivity index (χ1) is 2.94. The molecule has 0 rings (SSSR count). The van der Waals surface area contributed by atoms with Crippen molar-refractivity contribution in [3.8, 4) is 0 Å². The molecule has 0 saturated carbocycles. The SMILES string of the molecule is O=P([O-])([O-])C(F)F.[Ag+].[Ag+]. The fourth-order valence-electron chi connectivity index (χ4n) is 0. The Bertz CT molecular complexity index is 102. The maximum atomic E-state index is 10.7. The first kappa shape index (κ1) is 16.8. The van der Waals surface area contributed by atoms with Crippen LogP contribution in [0.5, 0.6) is 0 Å². The van der Waals surface area contributed by atoms with Gasteiger partial charge in [-0.1, -0.05) is 0 Å². The molecule has 0 aliphatic rings. The number of alkyl halides is 2. The van der Waals surface area contributed by atoms with Gasteiger partial charge in [0.25, 0.3) is 6.17 Å². The van der Waals surface area contributed by atoms with Crippen molar-refractivity contribution in [1.82, 2.24) is 0 Å². The van der Waals surface area contributed by atoms with E-state index >= 15 is 0 Å². The third-order valence-electron chi connectivity index (χ3n) is 0.239. The molecular formula is CHAg2F2O3P. The van der Waals surface area contributed by atoms with E-state index in [0.29, 0.717) is 0 Å². The van der Waals surface area contributed by atoms with Gasteiger partial charge < -0.3 is 14.4 Å². The second-order valence-corrected chi connectivity index (χ2v) is 2.29. The van der Waals surface area contributed by atoms with Gasteiger partial charge in [-0.05, 0) is 0 Å². The third-order valence-corrected chi connectivity index (χ3v) is 0.717. The Morgan fingerprint density at radius 1 is 1.22 bits per heavy atom. The van der Waals surface area contributed by atoms with Crippen LogP contribution in [0.25, 0.3) is 0 Å². The third kappa shape index (κ3) is 9.49. The average molecular weight is 346 g/mol. The van der Waals surface area contributed by atoms with E-state index in [1.807, 2.05) is 0 Å². The van der Waals surface area contributed by atoms with E-state index in [1.165, 1.54) is 0 Å². The van der Waals surface area contributed by atoms with E-state index in [2.05, 4.69) is 0 Å². The molecule has 0 saturated heterocycles. The Hall–Kier alpha value is 1.49. The molecule has 64 valence electrons. The molecule has 0 unspecified atom stereocenters. The second-order valence-electron chi connectivity index (χ2n) is 0.817. The normalized spacial score (nSPS) is 9.89. The fraction of sp³-hybridized carbons (Fsp3) is 1.00. The molecule has 0 aromatic rings. The van der Waals surface area contributed by atoms with Crippen molar-refractivity contribution in [2.75, 3.05) is 0 Å². The molecule has 0 aliphatic carbocycles. The molecule has 0 radical (unpaired) electrons. The van der Waals surface area contributed by atoms with Crippen LogP contribution in [0.3, 0.4) is 0 Å². The minimum absolute atomic E-state index is 0. The van der Waals surface area contributed by atoms with Gasteiger partial charge in [0.05, 0.1) is 0 Å². The smallest absolute Gasteiger partial charge is 0.807 e. The Kier molecular flexibility index (Phi) is 11.6. The molecule has 8 heteroatoms. The fourth-order valence-corrected chi connectivity index (χ4v) is 0. The van der Waals surface area contributed by atoms with Crippen LogP contribution in [-0.2, 0) is 49.3 Å². The summed E-state index contributed by atoms with van der Waals surface area (Å²) in [5, 5.41) is 0. The Balaban J connectivity index is -0.000000180. The Labute approximate surface area is 81.4 Å². The summed E-state index contributed by atoms with van der Waals surface area (Å²) < 4.78 is 30.4. The van der Waals surface area contributed by atoms with Crippen LogP contribution < -0.4 is 9.79 Å². The quantitative estimate of drug-likeness (QED) is 0.458. The van der Waals surface area contributed by atoms with Crippen LogP contribution >= 0.6 is 7.60 Å². The topological polar surface area (TPSA) is 63.2 Å².